The molecule has 2 aromatic carbocycles. The molecule has 0 heterocycles. The van der Waals surface area contributed by atoms with E-state index in [-0.39, 0.29) is 30.4 Å². The summed E-state index contributed by atoms with van der Waals surface area (Å²) in [5.74, 6) is -0.420. The van der Waals surface area contributed by atoms with E-state index < -0.39 is 0 Å². The predicted octanol–water partition coefficient (Wildman–Crippen LogP) is 2.72. The van der Waals surface area contributed by atoms with Gasteiger partial charge in [0.15, 0.2) is 6.04 Å². The zero-order chi connectivity index (χ0) is 20.0. The van der Waals surface area contributed by atoms with E-state index in [9.17, 15) is 9.59 Å². The van der Waals surface area contributed by atoms with Crippen LogP contribution in [0.2, 0.25) is 5.02 Å². The molecule has 27 heavy (non-hydrogen) atoms. The number of aryl methyl sites for hydroxylation is 2. The Labute approximate surface area is 165 Å². The summed E-state index contributed by atoms with van der Waals surface area (Å²) in [6, 6.07) is 13.2. The van der Waals surface area contributed by atoms with E-state index in [1.54, 1.807) is 0 Å². The molecule has 0 radical (unpaired) electrons. The highest BCUT2D eigenvalue weighted by atomic mass is 35.5. The number of amides is 2. The summed E-state index contributed by atoms with van der Waals surface area (Å²) in [6.45, 7) is 7.66. The summed E-state index contributed by atoms with van der Waals surface area (Å²) in [5, 5.41) is 8.19. The van der Waals surface area contributed by atoms with Gasteiger partial charge in [-0.2, -0.15) is 0 Å². The number of rotatable bonds is 7. The fraction of sp³-hybridized carbons (Fsp3) is 0.333. The van der Waals surface area contributed by atoms with Gasteiger partial charge in [-0.15, -0.1) is 0 Å². The lowest BCUT2D eigenvalue weighted by Crippen LogP contribution is -2.92. The summed E-state index contributed by atoms with van der Waals surface area (Å²) in [5.41, 5.74) is 3.83. The fourth-order valence-corrected chi connectivity index (χ4v) is 3.14. The molecule has 0 aliphatic heterocycles. The highest BCUT2D eigenvalue weighted by Crippen LogP contribution is 2.19. The topological polar surface area (TPSA) is 74.8 Å². The molecule has 0 bridgehead atoms. The van der Waals surface area contributed by atoms with Crippen LogP contribution in [0.5, 0.6) is 0 Å². The van der Waals surface area contributed by atoms with Crippen LogP contribution >= 0.6 is 11.6 Å². The first-order valence-corrected chi connectivity index (χ1v) is 9.40. The van der Waals surface area contributed by atoms with Crippen molar-refractivity contribution in [2.45, 2.75) is 39.8 Å². The van der Waals surface area contributed by atoms with E-state index in [1.165, 1.54) is 0 Å². The molecule has 2 amide bonds. The molecule has 0 aromatic heterocycles. The molecule has 6 heteroatoms. The lowest BCUT2D eigenvalue weighted by molar-refractivity contribution is -0.710. The van der Waals surface area contributed by atoms with E-state index in [4.69, 9.17) is 11.6 Å². The van der Waals surface area contributed by atoms with Gasteiger partial charge in [-0.1, -0.05) is 41.9 Å². The van der Waals surface area contributed by atoms with Crippen molar-refractivity contribution in [1.29, 1.82) is 0 Å². The Morgan fingerprint density at radius 2 is 1.70 bits per heavy atom. The van der Waals surface area contributed by atoms with Gasteiger partial charge in [0.2, 0.25) is 5.91 Å². The molecule has 4 N–H and O–H groups in total. The molecule has 0 saturated heterocycles. The fourth-order valence-electron chi connectivity index (χ4n) is 2.94. The number of para-hydroxylation sites is 1. The summed E-state index contributed by atoms with van der Waals surface area (Å²) in [7, 11) is 0. The molecule has 2 rings (SSSR count). The van der Waals surface area contributed by atoms with Gasteiger partial charge in [0, 0.05) is 16.3 Å². The molecule has 0 unspecified atom stereocenters. The van der Waals surface area contributed by atoms with Crippen molar-refractivity contribution in [3.05, 3.63) is 64.2 Å². The van der Waals surface area contributed by atoms with Crippen molar-refractivity contribution in [1.82, 2.24) is 5.32 Å². The Morgan fingerprint density at radius 1 is 1.07 bits per heavy atom. The second-order valence-electron chi connectivity index (χ2n) is 6.86. The maximum absolute atomic E-state index is 12.3. The summed E-state index contributed by atoms with van der Waals surface area (Å²) in [4.78, 5) is 24.5. The van der Waals surface area contributed by atoms with Crippen molar-refractivity contribution < 1.29 is 14.9 Å². The van der Waals surface area contributed by atoms with Gasteiger partial charge >= 0.3 is 0 Å². The number of nitrogens with two attached hydrogens (primary N) is 1. The molecule has 2 atom stereocenters. The van der Waals surface area contributed by atoms with Gasteiger partial charge in [-0.25, -0.2) is 0 Å². The van der Waals surface area contributed by atoms with Crippen LogP contribution in [0.4, 0.5) is 5.69 Å². The number of hydrogen-bond donors (Lipinski definition) is 3. The minimum absolute atomic E-state index is 0.0592. The number of hydrogen-bond acceptors (Lipinski definition) is 2. The first-order chi connectivity index (χ1) is 12.8. The minimum Gasteiger partial charge on any atom is -0.342 e. The molecule has 144 valence electrons. The number of nitrogens with one attached hydrogen (secondary N) is 2. The molecule has 0 saturated carbocycles. The highest BCUT2D eigenvalue weighted by molar-refractivity contribution is 6.30. The molecule has 0 aliphatic rings. The average Bonchev–Trinajstić information content (AvgIpc) is 2.62. The standard InChI is InChI=1S/C21H26ClN3O2/c1-13-7-5-8-14(2)20(13)25-19(26)12-23-21(27)16(4)24-15(3)17-9-6-10-18(22)11-17/h5-11,15-16,24H,12H2,1-4H3,(H,23,27)(H,25,26)/p+1/t15-,16-/m0/s1. The zero-order valence-corrected chi connectivity index (χ0v) is 16.9. The molecule has 2 aromatic rings. The van der Waals surface area contributed by atoms with Crippen LogP contribution in [-0.4, -0.2) is 24.4 Å². The van der Waals surface area contributed by atoms with Crippen LogP contribution in [0.3, 0.4) is 0 Å². The van der Waals surface area contributed by atoms with Crippen LogP contribution in [0.25, 0.3) is 0 Å². The molecule has 5 nitrogen and oxygen atoms in total. The monoisotopic (exact) mass is 388 g/mol. The second-order valence-corrected chi connectivity index (χ2v) is 7.29. The summed E-state index contributed by atoms with van der Waals surface area (Å²) in [6.07, 6.45) is 0. The Kier molecular flexibility index (Phi) is 7.39. The molecular formula is C21H27ClN3O2+. The first kappa shape index (κ1) is 20.9. The van der Waals surface area contributed by atoms with E-state index in [1.807, 2.05) is 75.5 Å². The van der Waals surface area contributed by atoms with Crippen LogP contribution in [0.1, 0.15) is 36.6 Å². The van der Waals surface area contributed by atoms with Gasteiger partial charge in [0.25, 0.3) is 5.91 Å². The predicted molar refractivity (Wildman–Crippen MR) is 109 cm³/mol. The molecular weight excluding hydrogens is 362 g/mol. The SMILES string of the molecule is Cc1cccc(C)c1NC(=O)CNC(=O)[C@H](C)[NH2+][C@@H](C)c1cccc(Cl)c1. The van der Waals surface area contributed by atoms with Crippen LogP contribution in [0, 0.1) is 13.8 Å². The number of halogens is 1. The third-order valence-electron chi connectivity index (χ3n) is 4.53. The van der Waals surface area contributed by atoms with Crippen LogP contribution in [0.15, 0.2) is 42.5 Å². The maximum Gasteiger partial charge on any atom is 0.278 e. The van der Waals surface area contributed by atoms with Gasteiger partial charge in [0.1, 0.15) is 6.04 Å². The highest BCUT2D eigenvalue weighted by Gasteiger charge is 2.21. The number of quaternary nitrogens is 1. The lowest BCUT2D eigenvalue weighted by atomic mass is 10.1. The average molecular weight is 389 g/mol. The number of carbonyl (C=O) groups is 2. The number of benzene rings is 2. The third-order valence-corrected chi connectivity index (χ3v) is 4.77. The van der Waals surface area contributed by atoms with Gasteiger partial charge in [0.05, 0.1) is 6.54 Å². The van der Waals surface area contributed by atoms with Crippen molar-refractivity contribution in [2.24, 2.45) is 0 Å². The third kappa shape index (κ3) is 6.08. The normalized spacial score (nSPS) is 12.9. The zero-order valence-electron chi connectivity index (χ0n) is 16.2. The van der Waals surface area contributed by atoms with E-state index in [2.05, 4.69) is 10.6 Å². The van der Waals surface area contributed by atoms with E-state index >= 15 is 0 Å². The van der Waals surface area contributed by atoms with Crippen molar-refractivity contribution in [3.63, 3.8) is 0 Å². The quantitative estimate of drug-likeness (QED) is 0.682. The largest absolute Gasteiger partial charge is 0.342 e. The lowest BCUT2D eigenvalue weighted by Gasteiger charge is -2.17. The Bertz CT molecular complexity index is 803. The van der Waals surface area contributed by atoms with Crippen LogP contribution in [-0.2, 0) is 9.59 Å². The molecule has 0 spiro atoms. The van der Waals surface area contributed by atoms with Gasteiger partial charge in [-0.05, 0) is 51.0 Å². The number of anilines is 1. The van der Waals surface area contributed by atoms with E-state index in [0.717, 1.165) is 22.4 Å². The smallest absolute Gasteiger partial charge is 0.278 e. The Morgan fingerprint density at radius 3 is 2.33 bits per heavy atom. The number of carbonyl (C=O) groups excluding carboxylic acids is 2. The second kappa shape index (κ2) is 9.53. The molecule has 0 fully saturated rings. The van der Waals surface area contributed by atoms with Gasteiger partial charge < -0.3 is 16.0 Å². The Hall–Kier alpha value is -2.37. The Balaban J connectivity index is 1.84. The van der Waals surface area contributed by atoms with Crippen molar-refractivity contribution in [3.8, 4) is 0 Å². The first-order valence-electron chi connectivity index (χ1n) is 9.02. The summed E-state index contributed by atoms with van der Waals surface area (Å²) >= 11 is 6.02. The minimum atomic E-state index is -0.327. The van der Waals surface area contributed by atoms with Crippen molar-refractivity contribution >= 4 is 29.1 Å². The molecule has 0 aliphatic carbocycles. The van der Waals surface area contributed by atoms with Crippen LogP contribution < -0.4 is 16.0 Å². The summed E-state index contributed by atoms with van der Waals surface area (Å²) < 4.78 is 0. The van der Waals surface area contributed by atoms with Crippen molar-refractivity contribution in [2.75, 3.05) is 11.9 Å². The maximum atomic E-state index is 12.3. The van der Waals surface area contributed by atoms with E-state index in [0.29, 0.717) is 5.02 Å². The van der Waals surface area contributed by atoms with Gasteiger partial charge in [-0.3, -0.25) is 9.59 Å².